The lowest BCUT2D eigenvalue weighted by Gasteiger charge is -1.86. The lowest BCUT2D eigenvalue weighted by atomic mass is 10.4. The summed E-state index contributed by atoms with van der Waals surface area (Å²) in [5, 5.41) is 1.43. The molecule has 0 heterocycles. The van der Waals surface area contributed by atoms with Crippen molar-refractivity contribution in [3.8, 4) is 0 Å². The molecule has 0 N–H and O–H groups in total. The van der Waals surface area contributed by atoms with E-state index in [2.05, 4.69) is 0 Å². The van der Waals surface area contributed by atoms with Crippen LogP contribution in [0.5, 0.6) is 0 Å². The minimum absolute atomic E-state index is 0. The average molecular weight is 173 g/mol. The summed E-state index contributed by atoms with van der Waals surface area (Å²) in [6, 6.07) is 7.02. The van der Waals surface area contributed by atoms with Gasteiger partial charge in [-0.1, -0.05) is 23.2 Å². The zero-order valence-corrected chi connectivity index (χ0v) is 5.58. The van der Waals surface area contributed by atoms with Crippen molar-refractivity contribution < 1.29 is 0 Å². The number of hydrogen-bond acceptors (Lipinski definition) is 0. The van der Waals surface area contributed by atoms with Gasteiger partial charge in [0.25, 0.3) is 0 Å². The predicted octanol–water partition coefficient (Wildman–Crippen LogP) is 2.08. The molecule has 3 heteroatoms. The van der Waals surface area contributed by atoms with E-state index in [1.54, 1.807) is 24.3 Å². The van der Waals surface area contributed by atoms with Crippen molar-refractivity contribution in [3.63, 3.8) is 0 Å². The average Bonchev–Trinajstić information content (AvgIpc) is 1.77. The maximum atomic E-state index is 5.55. The van der Waals surface area contributed by atoms with Crippen LogP contribution >= 0.6 is 23.2 Å². The Hall–Kier alpha value is 0.566. The molecule has 0 fully saturated rings. The number of halogens is 2. The Morgan fingerprint density at radius 1 is 0.778 bits per heavy atom. The van der Waals surface area contributed by atoms with Gasteiger partial charge >= 0.3 is 23.1 Å². The van der Waals surface area contributed by atoms with Crippen LogP contribution in [0.2, 0.25) is 10.0 Å². The van der Waals surface area contributed by atoms with Crippen LogP contribution in [0.15, 0.2) is 24.3 Å². The third-order valence-electron chi connectivity index (χ3n) is 0.804. The highest BCUT2D eigenvalue weighted by molar-refractivity contribution is 6.32. The Morgan fingerprint density at radius 2 is 1.00 bits per heavy atom. The Labute approximate surface area is 80.3 Å². The van der Waals surface area contributed by atoms with Crippen LogP contribution in [-0.4, -0.2) is 23.1 Å². The van der Waals surface area contributed by atoms with Gasteiger partial charge in [0, 0.05) is 10.0 Å². The maximum Gasteiger partial charge on any atom is 0.316 e. The van der Waals surface area contributed by atoms with Gasteiger partial charge < -0.3 is 0 Å². The first-order valence-electron chi connectivity index (χ1n) is 2.20. The molecule has 0 unspecified atom stereocenters. The van der Waals surface area contributed by atoms with Crippen molar-refractivity contribution >= 4 is 46.3 Å². The van der Waals surface area contributed by atoms with Crippen LogP contribution in [0.1, 0.15) is 0 Å². The zero-order valence-electron chi connectivity index (χ0n) is 4.07. The molecule has 0 bridgehead atoms. The molecule has 0 saturated heterocycles. The van der Waals surface area contributed by atoms with Gasteiger partial charge in [0.05, 0.1) is 0 Å². The largest absolute Gasteiger partial charge is 0.316 e. The smallest absolute Gasteiger partial charge is 0.0843 e. The molecule has 0 nitrogen and oxygen atoms in total. The Balaban J connectivity index is 0.000000640. The van der Waals surface area contributed by atoms with Crippen LogP contribution in [0, 0.1) is 0 Å². The van der Waals surface area contributed by atoms with E-state index in [9.17, 15) is 0 Å². The molecule has 0 radical (unpaired) electrons. The van der Waals surface area contributed by atoms with Gasteiger partial charge in [-0.05, 0) is 24.3 Å². The molecule has 0 aliphatic carbocycles. The summed E-state index contributed by atoms with van der Waals surface area (Å²) in [4.78, 5) is 0. The summed E-state index contributed by atoms with van der Waals surface area (Å²) in [7, 11) is 0. The fourth-order valence-corrected chi connectivity index (χ4v) is 0.682. The first-order chi connectivity index (χ1) is 3.79. The predicted molar refractivity (Wildman–Crippen MR) is 45.0 cm³/mol. The lowest BCUT2D eigenvalue weighted by molar-refractivity contribution is 1.71. The first kappa shape index (κ1) is 9.57. The van der Waals surface area contributed by atoms with Crippen LogP contribution < -0.4 is 0 Å². The third-order valence-corrected chi connectivity index (χ3v) is 1.31. The quantitative estimate of drug-likeness (QED) is 0.527. The number of rotatable bonds is 0. The molecule has 0 aromatic heterocycles. The Kier molecular flexibility index (Phi) is 4.67. The minimum atomic E-state index is 0. The highest BCUT2D eigenvalue weighted by Gasteiger charge is 1.83. The van der Waals surface area contributed by atoms with Gasteiger partial charge in [0.1, 0.15) is 0 Å². The molecular formula is C6H6Cl2Mg. The van der Waals surface area contributed by atoms with Crippen molar-refractivity contribution in [2.24, 2.45) is 0 Å². The zero-order chi connectivity index (χ0) is 5.98. The normalized spacial score (nSPS) is 8.22. The van der Waals surface area contributed by atoms with Gasteiger partial charge in [-0.15, -0.1) is 0 Å². The van der Waals surface area contributed by atoms with E-state index >= 15 is 0 Å². The molecule has 1 aromatic carbocycles. The molecule has 0 spiro atoms. The van der Waals surface area contributed by atoms with Crippen molar-refractivity contribution in [3.05, 3.63) is 34.3 Å². The highest BCUT2D eigenvalue weighted by Crippen LogP contribution is 2.12. The van der Waals surface area contributed by atoms with Gasteiger partial charge in [0.15, 0.2) is 0 Å². The van der Waals surface area contributed by atoms with E-state index in [1.165, 1.54) is 0 Å². The molecule has 1 rings (SSSR count). The second-order valence-electron chi connectivity index (χ2n) is 1.44. The van der Waals surface area contributed by atoms with Gasteiger partial charge in [0.2, 0.25) is 0 Å². The second-order valence-corrected chi connectivity index (χ2v) is 2.31. The molecule has 46 valence electrons. The lowest BCUT2D eigenvalue weighted by Crippen LogP contribution is -1.60. The van der Waals surface area contributed by atoms with Crippen molar-refractivity contribution in [2.45, 2.75) is 0 Å². The highest BCUT2D eigenvalue weighted by atomic mass is 35.5. The Morgan fingerprint density at radius 3 is 1.22 bits per heavy atom. The van der Waals surface area contributed by atoms with Crippen molar-refractivity contribution in [2.75, 3.05) is 0 Å². The maximum absolute atomic E-state index is 5.55. The summed E-state index contributed by atoms with van der Waals surface area (Å²) in [6.07, 6.45) is 0. The van der Waals surface area contributed by atoms with Gasteiger partial charge in [-0.25, -0.2) is 0 Å². The first-order valence-corrected chi connectivity index (χ1v) is 2.96. The summed E-state index contributed by atoms with van der Waals surface area (Å²) >= 11 is 11.1. The summed E-state index contributed by atoms with van der Waals surface area (Å²) in [5.41, 5.74) is 0. The monoisotopic (exact) mass is 172 g/mol. The molecule has 0 atom stereocenters. The van der Waals surface area contributed by atoms with E-state index in [4.69, 9.17) is 23.2 Å². The second kappa shape index (κ2) is 4.39. The molecular weight excluding hydrogens is 167 g/mol. The number of benzene rings is 1. The molecule has 9 heavy (non-hydrogen) atoms. The SMILES string of the molecule is Clc1ccc(Cl)cc1.[MgH2]. The van der Waals surface area contributed by atoms with Crippen LogP contribution in [0.4, 0.5) is 0 Å². The van der Waals surface area contributed by atoms with E-state index in [1.807, 2.05) is 0 Å². The molecule has 0 aliphatic rings. The summed E-state index contributed by atoms with van der Waals surface area (Å²) in [5.74, 6) is 0. The fourth-order valence-electron chi connectivity index (χ4n) is 0.430. The summed E-state index contributed by atoms with van der Waals surface area (Å²) < 4.78 is 0. The van der Waals surface area contributed by atoms with E-state index < -0.39 is 0 Å². The topological polar surface area (TPSA) is 0 Å². The molecule has 0 aliphatic heterocycles. The van der Waals surface area contributed by atoms with Crippen LogP contribution in [0.3, 0.4) is 0 Å². The van der Waals surface area contributed by atoms with Crippen LogP contribution in [-0.2, 0) is 0 Å². The van der Waals surface area contributed by atoms with E-state index in [0.717, 1.165) is 10.0 Å². The molecule has 1 aromatic rings. The Bertz CT molecular complexity index is 150. The fraction of sp³-hybridized carbons (Fsp3) is 0. The number of hydrogen-bond donors (Lipinski definition) is 0. The van der Waals surface area contributed by atoms with Crippen LogP contribution in [0.25, 0.3) is 0 Å². The minimum Gasteiger partial charge on any atom is -0.0843 e. The standard InChI is InChI=1S/C6H4Cl2.Mg.2H/c7-5-1-2-6(8)4-3-5;;;/h1-4H;;;. The van der Waals surface area contributed by atoms with Crippen molar-refractivity contribution in [1.82, 2.24) is 0 Å². The van der Waals surface area contributed by atoms with Gasteiger partial charge in [-0.3, -0.25) is 0 Å². The van der Waals surface area contributed by atoms with E-state index in [-0.39, 0.29) is 23.1 Å². The van der Waals surface area contributed by atoms with Gasteiger partial charge in [-0.2, -0.15) is 0 Å². The van der Waals surface area contributed by atoms with E-state index in [0.29, 0.717) is 0 Å². The molecule has 0 saturated carbocycles. The van der Waals surface area contributed by atoms with Crippen molar-refractivity contribution in [1.29, 1.82) is 0 Å². The molecule has 0 amide bonds. The third kappa shape index (κ3) is 3.31. The summed E-state index contributed by atoms with van der Waals surface area (Å²) in [6.45, 7) is 0.